The van der Waals surface area contributed by atoms with E-state index >= 15 is 0 Å². The number of fused-ring (bicyclic) bond motifs is 1. The van der Waals surface area contributed by atoms with Gasteiger partial charge in [-0.2, -0.15) is 0 Å². The van der Waals surface area contributed by atoms with Gasteiger partial charge in [-0.05, 0) is 58.6 Å². The summed E-state index contributed by atoms with van der Waals surface area (Å²) in [6.07, 6.45) is 1.09. The Morgan fingerprint density at radius 2 is 1.74 bits per heavy atom. The summed E-state index contributed by atoms with van der Waals surface area (Å²) in [5.74, 6) is 1.56. The van der Waals surface area contributed by atoms with E-state index in [4.69, 9.17) is 10.5 Å². The van der Waals surface area contributed by atoms with Gasteiger partial charge in [0, 0.05) is 25.7 Å². The maximum atomic E-state index is 5.93. The van der Waals surface area contributed by atoms with Gasteiger partial charge in [0.2, 0.25) is 0 Å². The highest BCUT2D eigenvalue weighted by Gasteiger charge is 2.17. The first kappa shape index (κ1) is 22.2. The Morgan fingerprint density at radius 3 is 2.37 bits per heavy atom. The summed E-state index contributed by atoms with van der Waals surface area (Å²) in [6, 6.07) is 15.4. The minimum absolute atomic E-state index is 0.100. The normalized spacial score (nSPS) is 14.9. The number of halogens is 1. The predicted molar refractivity (Wildman–Crippen MR) is 124 cm³/mol. The van der Waals surface area contributed by atoms with Crippen LogP contribution in [0.1, 0.15) is 49.1 Å². The summed E-state index contributed by atoms with van der Waals surface area (Å²) in [7, 11) is 0. The van der Waals surface area contributed by atoms with Crippen molar-refractivity contribution in [2.45, 2.75) is 46.3 Å². The average Bonchev–Trinajstić information content (AvgIpc) is 2.68. The zero-order valence-corrected chi connectivity index (χ0v) is 19.2. The Bertz CT molecular complexity index is 698. The topological polar surface area (TPSA) is 38.5 Å². The van der Waals surface area contributed by atoms with Crippen LogP contribution in [0.4, 0.5) is 0 Å². The summed E-state index contributed by atoms with van der Waals surface area (Å²) >= 11 is 2.15. The van der Waals surface area contributed by atoms with Crippen LogP contribution in [0.15, 0.2) is 42.5 Å². The van der Waals surface area contributed by atoms with Crippen molar-refractivity contribution in [1.29, 1.82) is 0 Å². The third kappa shape index (κ3) is 6.77. The van der Waals surface area contributed by atoms with Crippen LogP contribution in [-0.2, 0) is 19.5 Å². The third-order valence-electron chi connectivity index (χ3n) is 4.76. The van der Waals surface area contributed by atoms with Crippen molar-refractivity contribution in [3.05, 3.63) is 64.7 Å². The number of rotatable bonds is 6. The van der Waals surface area contributed by atoms with E-state index in [0.29, 0.717) is 5.92 Å². The fourth-order valence-electron chi connectivity index (χ4n) is 3.26. The maximum absolute atomic E-state index is 5.93. The Hall–Kier alpha value is -1.11. The standard InChI is InChI=1S/C22H30N2O.CH3I/c1-16(2)15-25-22-9-8-21-14-24(11-10-20(21)12-22)13-18-4-6-19(7-5-18)17(3)23;1-2/h4-9,12,16-17H,10-11,13-15,23H2,1-3H3;1H3/t17-;/m0./s1. The van der Waals surface area contributed by atoms with Gasteiger partial charge in [-0.1, -0.05) is 66.8 Å². The summed E-state index contributed by atoms with van der Waals surface area (Å²) in [4.78, 5) is 4.48. The molecule has 0 spiro atoms. The van der Waals surface area contributed by atoms with E-state index in [1.807, 2.05) is 11.9 Å². The highest BCUT2D eigenvalue weighted by molar-refractivity contribution is 14.1. The first-order chi connectivity index (χ1) is 13.0. The quantitative estimate of drug-likeness (QED) is 0.448. The molecule has 0 saturated heterocycles. The van der Waals surface area contributed by atoms with Gasteiger partial charge in [0.05, 0.1) is 6.61 Å². The fraction of sp³-hybridized carbons (Fsp3) is 0.478. The van der Waals surface area contributed by atoms with Crippen molar-refractivity contribution in [1.82, 2.24) is 4.90 Å². The first-order valence-corrected chi connectivity index (χ1v) is 11.9. The van der Waals surface area contributed by atoms with Crippen molar-refractivity contribution in [2.75, 3.05) is 18.1 Å². The molecule has 1 aliphatic rings. The van der Waals surface area contributed by atoms with Crippen molar-refractivity contribution >= 4 is 22.6 Å². The lowest BCUT2D eigenvalue weighted by Gasteiger charge is -2.29. The molecule has 2 aromatic carbocycles. The lowest BCUT2D eigenvalue weighted by Crippen LogP contribution is -2.30. The number of benzene rings is 2. The molecule has 0 fully saturated rings. The van der Waals surface area contributed by atoms with Gasteiger partial charge < -0.3 is 10.5 Å². The number of ether oxygens (including phenoxy) is 1. The van der Waals surface area contributed by atoms with Crippen LogP contribution in [0.3, 0.4) is 0 Å². The molecule has 0 bridgehead atoms. The second kappa shape index (κ2) is 11.0. The Labute approximate surface area is 178 Å². The minimum Gasteiger partial charge on any atom is -0.493 e. The molecule has 3 rings (SSSR count). The van der Waals surface area contributed by atoms with Gasteiger partial charge in [0.25, 0.3) is 0 Å². The van der Waals surface area contributed by atoms with Gasteiger partial charge in [-0.3, -0.25) is 4.90 Å². The highest BCUT2D eigenvalue weighted by atomic mass is 127. The van der Waals surface area contributed by atoms with E-state index in [0.717, 1.165) is 38.4 Å². The maximum Gasteiger partial charge on any atom is 0.119 e. The van der Waals surface area contributed by atoms with Gasteiger partial charge in [-0.25, -0.2) is 0 Å². The van der Waals surface area contributed by atoms with E-state index < -0.39 is 0 Å². The van der Waals surface area contributed by atoms with Crippen LogP contribution in [0.25, 0.3) is 0 Å². The summed E-state index contributed by atoms with van der Waals surface area (Å²) in [5, 5.41) is 0. The smallest absolute Gasteiger partial charge is 0.119 e. The average molecular weight is 480 g/mol. The zero-order chi connectivity index (χ0) is 19.8. The van der Waals surface area contributed by atoms with E-state index in [1.54, 1.807) is 0 Å². The van der Waals surface area contributed by atoms with Gasteiger partial charge >= 0.3 is 0 Å². The van der Waals surface area contributed by atoms with Gasteiger partial charge in [-0.15, -0.1) is 0 Å². The molecule has 0 unspecified atom stereocenters. The van der Waals surface area contributed by atoms with Crippen LogP contribution in [-0.4, -0.2) is 23.0 Å². The zero-order valence-electron chi connectivity index (χ0n) is 17.0. The SMILES string of the molecule is CC(C)COc1ccc2c(c1)CCN(Cc1ccc([C@H](C)N)cc1)C2.CI. The number of hydrogen-bond donors (Lipinski definition) is 1. The van der Waals surface area contributed by atoms with Crippen molar-refractivity contribution < 1.29 is 4.74 Å². The number of hydrogen-bond acceptors (Lipinski definition) is 3. The lowest BCUT2D eigenvalue weighted by atomic mass is 9.98. The van der Waals surface area contributed by atoms with Crippen LogP contribution in [0, 0.1) is 5.92 Å². The molecule has 0 amide bonds. The van der Waals surface area contributed by atoms with Crippen LogP contribution >= 0.6 is 22.6 Å². The molecule has 1 aliphatic heterocycles. The van der Waals surface area contributed by atoms with E-state index in [9.17, 15) is 0 Å². The van der Waals surface area contributed by atoms with Crippen molar-refractivity contribution in [3.63, 3.8) is 0 Å². The number of alkyl halides is 1. The Kier molecular flexibility index (Phi) is 9.06. The van der Waals surface area contributed by atoms with Crippen LogP contribution in [0.2, 0.25) is 0 Å². The second-order valence-electron chi connectivity index (χ2n) is 7.63. The molecule has 0 radical (unpaired) electrons. The molecule has 148 valence electrons. The fourth-order valence-corrected chi connectivity index (χ4v) is 3.26. The summed E-state index contributed by atoms with van der Waals surface area (Å²) in [6.45, 7) is 10.3. The summed E-state index contributed by atoms with van der Waals surface area (Å²) in [5.41, 5.74) is 11.3. The highest BCUT2D eigenvalue weighted by Crippen LogP contribution is 2.25. The molecule has 0 aromatic heterocycles. The summed E-state index contributed by atoms with van der Waals surface area (Å²) < 4.78 is 5.86. The van der Waals surface area contributed by atoms with Crippen molar-refractivity contribution in [3.8, 4) is 5.75 Å². The lowest BCUT2D eigenvalue weighted by molar-refractivity contribution is 0.243. The molecule has 2 aromatic rings. The van der Waals surface area contributed by atoms with E-state index in [2.05, 4.69) is 83.8 Å². The van der Waals surface area contributed by atoms with Crippen LogP contribution in [0.5, 0.6) is 5.75 Å². The molecule has 1 atom stereocenters. The number of nitrogens with two attached hydrogens (primary N) is 1. The van der Waals surface area contributed by atoms with Gasteiger partial charge in [0.1, 0.15) is 5.75 Å². The first-order valence-electron chi connectivity index (χ1n) is 9.70. The molecule has 1 heterocycles. The molecule has 2 N–H and O–H groups in total. The predicted octanol–water partition coefficient (Wildman–Crippen LogP) is 5.35. The third-order valence-corrected chi connectivity index (χ3v) is 4.76. The molecule has 0 saturated carbocycles. The molecule has 4 heteroatoms. The van der Waals surface area contributed by atoms with E-state index in [1.165, 1.54) is 22.3 Å². The number of nitrogens with zero attached hydrogens (tertiary/aromatic N) is 1. The molecule has 3 nitrogen and oxygen atoms in total. The Morgan fingerprint density at radius 1 is 1.04 bits per heavy atom. The monoisotopic (exact) mass is 480 g/mol. The molecular weight excluding hydrogens is 447 g/mol. The molecule has 27 heavy (non-hydrogen) atoms. The molecule has 0 aliphatic carbocycles. The molecular formula is C23H33IN2O. The largest absolute Gasteiger partial charge is 0.493 e. The van der Waals surface area contributed by atoms with Crippen LogP contribution < -0.4 is 10.5 Å². The van der Waals surface area contributed by atoms with Gasteiger partial charge in [0.15, 0.2) is 0 Å². The second-order valence-corrected chi connectivity index (χ2v) is 7.63. The Balaban J connectivity index is 0.00000126. The van der Waals surface area contributed by atoms with E-state index in [-0.39, 0.29) is 6.04 Å². The minimum atomic E-state index is 0.100. The van der Waals surface area contributed by atoms with Crippen molar-refractivity contribution in [2.24, 2.45) is 11.7 Å².